The second kappa shape index (κ2) is 9.58. The normalized spacial score (nSPS) is 11.2. The molecule has 1 N–H and O–H groups in total. The van der Waals surface area contributed by atoms with Crippen molar-refractivity contribution in [3.63, 3.8) is 0 Å². The number of carbonyl (C=O) groups is 1. The molecule has 28 heavy (non-hydrogen) atoms. The average Bonchev–Trinajstić information content (AvgIpc) is 3.29. The Morgan fingerprint density at radius 2 is 2.04 bits per heavy atom. The molecule has 0 bridgehead atoms. The molecular formula is C20H23ClN4OS2. The molecule has 0 saturated carbocycles. The maximum Gasteiger partial charge on any atom is 0.234 e. The molecule has 0 aliphatic heterocycles. The van der Waals surface area contributed by atoms with Crippen molar-refractivity contribution in [1.82, 2.24) is 14.8 Å². The van der Waals surface area contributed by atoms with Crippen molar-refractivity contribution in [2.24, 2.45) is 0 Å². The molecule has 2 aromatic heterocycles. The molecular weight excluding hydrogens is 412 g/mol. The summed E-state index contributed by atoms with van der Waals surface area (Å²) in [6, 6.07) is 9.45. The van der Waals surface area contributed by atoms with Crippen LogP contribution in [0.3, 0.4) is 0 Å². The molecule has 1 amide bonds. The summed E-state index contributed by atoms with van der Waals surface area (Å²) >= 11 is 9.02. The van der Waals surface area contributed by atoms with E-state index in [-0.39, 0.29) is 17.7 Å². The number of nitrogens with one attached hydrogen (secondary N) is 1. The van der Waals surface area contributed by atoms with Crippen LogP contribution in [-0.2, 0) is 11.2 Å². The molecule has 3 aromatic rings. The van der Waals surface area contributed by atoms with E-state index in [9.17, 15) is 4.79 Å². The molecule has 0 aliphatic rings. The number of thioether (sulfide) groups is 1. The van der Waals surface area contributed by atoms with E-state index in [2.05, 4.69) is 52.3 Å². The van der Waals surface area contributed by atoms with Gasteiger partial charge in [-0.15, -0.1) is 21.5 Å². The fourth-order valence-electron chi connectivity index (χ4n) is 2.77. The van der Waals surface area contributed by atoms with Crippen molar-refractivity contribution in [3.05, 3.63) is 45.6 Å². The lowest BCUT2D eigenvalue weighted by Gasteiger charge is -2.13. The van der Waals surface area contributed by atoms with E-state index in [1.807, 2.05) is 0 Å². The van der Waals surface area contributed by atoms with Crippen molar-refractivity contribution in [3.8, 4) is 11.4 Å². The molecule has 0 radical (unpaired) electrons. The Labute approximate surface area is 178 Å². The van der Waals surface area contributed by atoms with Crippen LogP contribution in [0, 0.1) is 0 Å². The SMILES string of the molecule is CCCc1cc(-c2nnc(SCC(=O)Nc3ccc(Cl)cc3)n2C(C)C)cs1. The predicted molar refractivity (Wildman–Crippen MR) is 119 cm³/mol. The minimum atomic E-state index is -0.0899. The van der Waals surface area contributed by atoms with Crippen molar-refractivity contribution in [2.75, 3.05) is 11.1 Å². The van der Waals surface area contributed by atoms with Gasteiger partial charge in [0.1, 0.15) is 0 Å². The Balaban J connectivity index is 1.70. The van der Waals surface area contributed by atoms with Gasteiger partial charge in [-0.1, -0.05) is 36.7 Å². The number of rotatable bonds is 8. The molecule has 0 spiro atoms. The molecule has 148 valence electrons. The minimum Gasteiger partial charge on any atom is -0.325 e. The highest BCUT2D eigenvalue weighted by molar-refractivity contribution is 7.99. The standard InChI is InChI=1S/C20H23ClN4OS2/c1-4-5-17-10-14(11-27-17)19-23-24-20(25(19)13(2)3)28-12-18(26)22-16-8-6-15(21)7-9-16/h6-11,13H,4-5,12H2,1-3H3,(H,22,26). The van der Waals surface area contributed by atoms with Crippen LogP contribution in [0.25, 0.3) is 11.4 Å². The van der Waals surface area contributed by atoms with Gasteiger partial charge in [0.05, 0.1) is 5.75 Å². The maximum absolute atomic E-state index is 12.3. The van der Waals surface area contributed by atoms with Crippen molar-refractivity contribution >= 4 is 46.3 Å². The first-order chi connectivity index (χ1) is 13.5. The molecule has 5 nitrogen and oxygen atoms in total. The number of aryl methyl sites for hydroxylation is 1. The number of thiophene rings is 1. The van der Waals surface area contributed by atoms with Gasteiger partial charge in [-0.25, -0.2) is 0 Å². The minimum absolute atomic E-state index is 0.0899. The Morgan fingerprint density at radius 1 is 1.29 bits per heavy atom. The molecule has 0 unspecified atom stereocenters. The van der Waals surface area contributed by atoms with Crippen LogP contribution in [-0.4, -0.2) is 26.4 Å². The van der Waals surface area contributed by atoms with Crippen LogP contribution < -0.4 is 5.32 Å². The Morgan fingerprint density at radius 3 is 2.71 bits per heavy atom. The third kappa shape index (κ3) is 5.16. The van der Waals surface area contributed by atoms with Crippen LogP contribution in [0.4, 0.5) is 5.69 Å². The van der Waals surface area contributed by atoms with Gasteiger partial charge in [-0.3, -0.25) is 9.36 Å². The number of amides is 1. The number of hydrogen-bond acceptors (Lipinski definition) is 5. The van der Waals surface area contributed by atoms with Gasteiger partial charge in [-0.2, -0.15) is 0 Å². The first-order valence-electron chi connectivity index (χ1n) is 9.18. The van der Waals surface area contributed by atoms with E-state index in [0.29, 0.717) is 5.02 Å². The number of carbonyl (C=O) groups excluding carboxylic acids is 1. The first kappa shape index (κ1) is 20.9. The fourth-order valence-corrected chi connectivity index (χ4v) is 4.74. The second-order valence-electron chi connectivity index (χ2n) is 6.67. The van der Waals surface area contributed by atoms with E-state index in [4.69, 9.17) is 11.6 Å². The van der Waals surface area contributed by atoms with E-state index in [1.165, 1.54) is 16.6 Å². The molecule has 0 atom stereocenters. The third-order valence-electron chi connectivity index (χ3n) is 4.05. The van der Waals surface area contributed by atoms with Crippen molar-refractivity contribution in [2.45, 2.75) is 44.8 Å². The summed E-state index contributed by atoms with van der Waals surface area (Å²) in [4.78, 5) is 13.6. The topological polar surface area (TPSA) is 59.8 Å². The number of halogens is 1. The monoisotopic (exact) mass is 434 g/mol. The van der Waals surface area contributed by atoms with Crippen LogP contribution in [0.15, 0.2) is 40.9 Å². The quantitative estimate of drug-likeness (QED) is 0.446. The van der Waals surface area contributed by atoms with Gasteiger partial charge >= 0.3 is 0 Å². The summed E-state index contributed by atoms with van der Waals surface area (Å²) in [6.45, 7) is 6.38. The van der Waals surface area contributed by atoms with E-state index in [1.54, 1.807) is 35.6 Å². The summed E-state index contributed by atoms with van der Waals surface area (Å²) in [5, 5.41) is 15.1. The average molecular weight is 435 g/mol. The maximum atomic E-state index is 12.3. The summed E-state index contributed by atoms with van der Waals surface area (Å²) in [6.07, 6.45) is 2.20. The molecule has 2 heterocycles. The molecule has 0 fully saturated rings. The summed E-state index contributed by atoms with van der Waals surface area (Å²) < 4.78 is 2.10. The fraction of sp³-hybridized carbons (Fsp3) is 0.350. The Kier molecular flexibility index (Phi) is 7.15. The summed E-state index contributed by atoms with van der Waals surface area (Å²) in [7, 11) is 0. The van der Waals surface area contributed by atoms with Gasteiger partial charge in [-0.05, 0) is 50.6 Å². The van der Waals surface area contributed by atoms with Crippen molar-refractivity contribution in [1.29, 1.82) is 0 Å². The third-order valence-corrected chi connectivity index (χ3v) is 6.24. The summed E-state index contributed by atoms with van der Waals surface area (Å²) in [5.41, 5.74) is 1.81. The second-order valence-corrected chi connectivity index (χ2v) is 9.04. The number of aromatic nitrogens is 3. The number of nitrogens with zero attached hydrogens (tertiary/aromatic N) is 3. The Hall–Kier alpha value is -1.83. The summed E-state index contributed by atoms with van der Waals surface area (Å²) in [5.74, 6) is 1.03. The lowest BCUT2D eigenvalue weighted by atomic mass is 10.2. The van der Waals surface area contributed by atoms with Crippen LogP contribution in [0.2, 0.25) is 5.02 Å². The molecule has 8 heteroatoms. The van der Waals surface area contributed by atoms with E-state index in [0.717, 1.165) is 35.1 Å². The van der Waals surface area contributed by atoms with E-state index >= 15 is 0 Å². The van der Waals surface area contributed by atoms with Gasteiger partial charge in [0.2, 0.25) is 5.91 Å². The van der Waals surface area contributed by atoms with Crippen molar-refractivity contribution < 1.29 is 4.79 Å². The van der Waals surface area contributed by atoms with Gasteiger partial charge in [0.15, 0.2) is 11.0 Å². The van der Waals surface area contributed by atoms with Crippen LogP contribution >= 0.6 is 34.7 Å². The Bertz CT molecular complexity index is 934. The molecule has 3 rings (SSSR count). The zero-order valence-electron chi connectivity index (χ0n) is 16.1. The zero-order chi connectivity index (χ0) is 20.1. The highest BCUT2D eigenvalue weighted by atomic mass is 35.5. The zero-order valence-corrected chi connectivity index (χ0v) is 18.5. The largest absolute Gasteiger partial charge is 0.325 e. The molecule has 1 aromatic carbocycles. The number of benzene rings is 1. The highest BCUT2D eigenvalue weighted by Gasteiger charge is 2.18. The smallest absolute Gasteiger partial charge is 0.234 e. The van der Waals surface area contributed by atoms with E-state index < -0.39 is 0 Å². The highest BCUT2D eigenvalue weighted by Crippen LogP contribution is 2.31. The lowest BCUT2D eigenvalue weighted by Crippen LogP contribution is -2.15. The first-order valence-corrected chi connectivity index (χ1v) is 11.4. The molecule has 0 saturated heterocycles. The van der Waals surface area contributed by atoms with Gasteiger partial charge in [0.25, 0.3) is 0 Å². The predicted octanol–water partition coefficient (Wildman–Crippen LogP) is 5.92. The number of hydrogen-bond donors (Lipinski definition) is 1. The van der Waals surface area contributed by atoms with Gasteiger partial charge < -0.3 is 5.32 Å². The number of anilines is 1. The molecule has 0 aliphatic carbocycles. The lowest BCUT2D eigenvalue weighted by molar-refractivity contribution is -0.113. The van der Waals surface area contributed by atoms with Gasteiger partial charge in [0, 0.05) is 32.6 Å². The van der Waals surface area contributed by atoms with Crippen LogP contribution in [0.1, 0.15) is 38.1 Å². The van der Waals surface area contributed by atoms with Crippen LogP contribution in [0.5, 0.6) is 0 Å².